The van der Waals surface area contributed by atoms with Crippen LogP contribution >= 0.6 is 0 Å². The van der Waals surface area contributed by atoms with Gasteiger partial charge in [-0.05, 0) is 25.7 Å². The molecule has 1 aliphatic rings. The first kappa shape index (κ1) is 15.3. The highest BCUT2D eigenvalue weighted by atomic mass is 32.2. The molecular formula is C9H14F2O6S. The first-order valence-electron chi connectivity index (χ1n) is 5.27. The average molecular weight is 288 g/mol. The number of carbonyl (C=O) groups excluding carboxylic acids is 1. The third-order valence-corrected chi connectivity index (χ3v) is 3.60. The number of hydrogen-bond donors (Lipinski definition) is 1. The van der Waals surface area contributed by atoms with E-state index in [4.69, 9.17) is 9.29 Å². The maximum absolute atomic E-state index is 12.9. The van der Waals surface area contributed by atoms with E-state index in [0.29, 0.717) is 25.7 Å². The lowest BCUT2D eigenvalue weighted by molar-refractivity contribution is -0.169. The summed E-state index contributed by atoms with van der Waals surface area (Å²) in [5, 5.41) is -4.93. The second kappa shape index (κ2) is 5.45. The molecule has 0 amide bonds. The predicted octanol–water partition coefficient (Wildman–Crippen LogP) is 0.968. The average Bonchev–Trinajstić information content (AvgIpc) is 2.28. The summed E-state index contributed by atoms with van der Waals surface area (Å²) in [4.78, 5) is 11.0. The summed E-state index contributed by atoms with van der Waals surface area (Å²) in [5.74, 6) is -2.24. The summed E-state index contributed by atoms with van der Waals surface area (Å²) in [6, 6.07) is 0. The van der Waals surface area contributed by atoms with Gasteiger partial charge in [0.05, 0.1) is 6.10 Å². The molecule has 1 saturated carbocycles. The Hall–Kier alpha value is -0.800. The zero-order valence-corrected chi connectivity index (χ0v) is 10.5. The van der Waals surface area contributed by atoms with Gasteiger partial charge in [-0.1, -0.05) is 0 Å². The molecule has 0 aromatic heterocycles. The molecule has 0 bridgehead atoms. The highest BCUT2D eigenvalue weighted by Gasteiger charge is 2.54. The molecule has 9 heteroatoms. The fraction of sp³-hybridized carbons (Fsp3) is 0.889. The van der Waals surface area contributed by atoms with Gasteiger partial charge in [0.25, 0.3) is 0 Å². The van der Waals surface area contributed by atoms with Crippen LogP contribution in [0.5, 0.6) is 0 Å². The smallest absolute Gasteiger partial charge is 0.457 e. The van der Waals surface area contributed by atoms with Crippen LogP contribution in [0.15, 0.2) is 0 Å². The minimum absolute atomic E-state index is 0.0120. The van der Waals surface area contributed by atoms with E-state index in [0.717, 1.165) is 0 Å². The number of esters is 1. The molecule has 0 radical (unpaired) electrons. The van der Waals surface area contributed by atoms with Gasteiger partial charge in [0, 0.05) is 7.11 Å². The number of ether oxygens (including phenoxy) is 2. The van der Waals surface area contributed by atoms with E-state index in [2.05, 4.69) is 4.74 Å². The molecule has 0 spiro atoms. The first-order valence-corrected chi connectivity index (χ1v) is 6.71. The zero-order valence-electron chi connectivity index (χ0n) is 9.64. The summed E-state index contributed by atoms with van der Waals surface area (Å²) in [7, 11) is -4.28. The highest BCUT2D eigenvalue weighted by molar-refractivity contribution is 7.87. The summed E-state index contributed by atoms with van der Waals surface area (Å²) in [5.41, 5.74) is 0. The fourth-order valence-corrected chi connectivity index (χ4v) is 1.97. The van der Waals surface area contributed by atoms with Crippen LogP contribution < -0.4 is 0 Å². The molecule has 0 aromatic rings. The quantitative estimate of drug-likeness (QED) is 0.612. The third kappa shape index (κ3) is 3.36. The van der Waals surface area contributed by atoms with Crippen LogP contribution in [-0.2, 0) is 24.4 Å². The van der Waals surface area contributed by atoms with Crippen LogP contribution in [-0.4, -0.2) is 43.5 Å². The van der Waals surface area contributed by atoms with Crippen LogP contribution in [0.1, 0.15) is 25.7 Å². The van der Waals surface area contributed by atoms with Gasteiger partial charge in [-0.15, -0.1) is 0 Å². The molecule has 1 aliphatic carbocycles. The second-order valence-electron chi connectivity index (χ2n) is 4.03. The Labute approximate surface area is 103 Å². The molecule has 0 atom stereocenters. The second-order valence-corrected chi connectivity index (χ2v) is 5.49. The molecule has 0 aromatic carbocycles. The van der Waals surface area contributed by atoms with E-state index in [1.54, 1.807) is 0 Å². The van der Waals surface area contributed by atoms with Crippen molar-refractivity contribution in [2.75, 3.05) is 7.11 Å². The normalized spacial score (nSPS) is 25.8. The van der Waals surface area contributed by atoms with Gasteiger partial charge in [-0.2, -0.15) is 17.2 Å². The Morgan fingerprint density at radius 1 is 1.22 bits per heavy atom. The van der Waals surface area contributed by atoms with Crippen molar-refractivity contribution in [1.29, 1.82) is 0 Å². The number of halogens is 2. The van der Waals surface area contributed by atoms with Gasteiger partial charge in [-0.3, -0.25) is 4.55 Å². The van der Waals surface area contributed by atoms with E-state index in [9.17, 15) is 22.0 Å². The Balaban J connectivity index is 2.57. The number of hydrogen-bond acceptors (Lipinski definition) is 5. The number of rotatable bonds is 4. The van der Waals surface area contributed by atoms with E-state index in [-0.39, 0.29) is 6.10 Å². The Kier molecular flexibility index (Phi) is 4.62. The van der Waals surface area contributed by atoms with Crippen LogP contribution in [0.3, 0.4) is 0 Å². The van der Waals surface area contributed by atoms with Crippen molar-refractivity contribution in [1.82, 2.24) is 0 Å². The Morgan fingerprint density at radius 2 is 1.67 bits per heavy atom. The number of methoxy groups -OCH3 is 1. The molecule has 1 fully saturated rings. The maximum Gasteiger partial charge on any atom is 0.465 e. The molecule has 106 valence electrons. The SMILES string of the molecule is COC1CCC(OC(=O)C(F)(F)S(=O)(=O)O)CC1. The highest BCUT2D eigenvalue weighted by Crippen LogP contribution is 2.27. The summed E-state index contributed by atoms with van der Waals surface area (Å²) < 4.78 is 64.1. The van der Waals surface area contributed by atoms with Gasteiger partial charge >= 0.3 is 21.3 Å². The zero-order chi connectivity index (χ0) is 14.0. The van der Waals surface area contributed by atoms with Crippen molar-refractivity contribution in [3.8, 4) is 0 Å². The standard InChI is InChI=1S/C9H14F2O6S/c1-16-6-2-4-7(5-3-6)17-8(12)9(10,11)18(13,14)15/h6-7H,2-5H2,1H3,(H,13,14,15). The lowest BCUT2D eigenvalue weighted by Crippen LogP contribution is -2.41. The molecule has 0 heterocycles. The van der Waals surface area contributed by atoms with E-state index in [1.165, 1.54) is 7.11 Å². The molecule has 6 nitrogen and oxygen atoms in total. The number of alkyl halides is 2. The largest absolute Gasteiger partial charge is 0.465 e. The van der Waals surface area contributed by atoms with E-state index < -0.39 is 27.4 Å². The van der Waals surface area contributed by atoms with Crippen molar-refractivity contribution in [2.45, 2.75) is 43.1 Å². The Morgan fingerprint density at radius 3 is 2.06 bits per heavy atom. The van der Waals surface area contributed by atoms with Gasteiger partial charge in [-0.25, -0.2) is 4.79 Å². The molecule has 0 aliphatic heterocycles. The molecular weight excluding hydrogens is 274 g/mol. The molecule has 1 N–H and O–H groups in total. The van der Waals surface area contributed by atoms with Crippen molar-refractivity contribution in [2.24, 2.45) is 0 Å². The molecule has 18 heavy (non-hydrogen) atoms. The summed E-state index contributed by atoms with van der Waals surface area (Å²) >= 11 is 0. The van der Waals surface area contributed by atoms with Crippen molar-refractivity contribution >= 4 is 16.1 Å². The van der Waals surface area contributed by atoms with Crippen LogP contribution in [0.4, 0.5) is 8.78 Å². The van der Waals surface area contributed by atoms with Gasteiger partial charge in [0.1, 0.15) is 6.10 Å². The van der Waals surface area contributed by atoms with Gasteiger partial charge in [0.2, 0.25) is 0 Å². The summed E-state index contributed by atoms with van der Waals surface area (Å²) in [6.45, 7) is 0. The van der Waals surface area contributed by atoms with Crippen LogP contribution in [0, 0.1) is 0 Å². The topological polar surface area (TPSA) is 89.9 Å². The van der Waals surface area contributed by atoms with Crippen molar-refractivity contribution < 1.29 is 36.0 Å². The predicted molar refractivity (Wildman–Crippen MR) is 55.6 cm³/mol. The summed E-state index contributed by atoms with van der Waals surface area (Å²) in [6.07, 6.45) is 0.897. The molecule has 0 unspecified atom stereocenters. The molecule has 0 saturated heterocycles. The first-order chi connectivity index (χ1) is 8.18. The fourth-order valence-electron chi connectivity index (χ4n) is 1.71. The lowest BCUT2D eigenvalue weighted by Gasteiger charge is -2.28. The van der Waals surface area contributed by atoms with E-state index in [1.807, 2.05) is 0 Å². The maximum atomic E-state index is 12.9. The van der Waals surface area contributed by atoms with Gasteiger partial charge < -0.3 is 9.47 Å². The Bertz CT molecular complexity index is 399. The van der Waals surface area contributed by atoms with Crippen LogP contribution in [0.2, 0.25) is 0 Å². The van der Waals surface area contributed by atoms with E-state index >= 15 is 0 Å². The third-order valence-electron chi connectivity index (χ3n) is 2.79. The molecule has 1 rings (SSSR count). The monoisotopic (exact) mass is 288 g/mol. The lowest BCUT2D eigenvalue weighted by atomic mass is 9.95. The number of carbonyl (C=O) groups is 1. The van der Waals surface area contributed by atoms with Crippen LogP contribution in [0.25, 0.3) is 0 Å². The minimum atomic E-state index is -5.80. The van der Waals surface area contributed by atoms with Crippen molar-refractivity contribution in [3.05, 3.63) is 0 Å². The minimum Gasteiger partial charge on any atom is -0.457 e. The van der Waals surface area contributed by atoms with Crippen molar-refractivity contribution in [3.63, 3.8) is 0 Å². The van der Waals surface area contributed by atoms with Gasteiger partial charge in [0.15, 0.2) is 0 Å².